The average Bonchev–Trinajstić information content (AvgIpc) is 2.55. The van der Waals surface area contributed by atoms with Crippen molar-refractivity contribution in [3.8, 4) is 0 Å². The lowest BCUT2D eigenvalue weighted by Crippen LogP contribution is -2.20. The van der Waals surface area contributed by atoms with E-state index in [0.717, 1.165) is 6.07 Å². The fraction of sp³-hybridized carbons (Fsp3) is 0.188. The summed E-state index contributed by atoms with van der Waals surface area (Å²) in [6, 6.07) is 10.6. The van der Waals surface area contributed by atoms with Crippen LogP contribution in [0.5, 0.6) is 0 Å². The molecule has 0 aliphatic rings. The van der Waals surface area contributed by atoms with Gasteiger partial charge in [-0.2, -0.15) is 18.4 Å². The maximum atomic E-state index is 12.4. The van der Waals surface area contributed by atoms with Crippen LogP contribution in [0, 0.1) is 17.0 Å². The van der Waals surface area contributed by atoms with Gasteiger partial charge in [0.05, 0.1) is 15.5 Å². The van der Waals surface area contributed by atoms with Crippen LogP contribution in [0.4, 0.5) is 5.69 Å². The van der Waals surface area contributed by atoms with Crippen LogP contribution in [0.1, 0.15) is 24.5 Å². The Balaban J connectivity index is 2.34. The Morgan fingerprint density at radius 3 is 2.60 bits per heavy atom. The van der Waals surface area contributed by atoms with Gasteiger partial charge in [0, 0.05) is 16.7 Å². The summed E-state index contributed by atoms with van der Waals surface area (Å²) in [7, 11) is -4.03. The number of benzene rings is 2. The summed E-state index contributed by atoms with van der Waals surface area (Å²) < 4.78 is 24.7. The number of nitrogens with one attached hydrogen (secondary N) is 1. The van der Waals surface area contributed by atoms with E-state index in [0.29, 0.717) is 28.3 Å². The summed E-state index contributed by atoms with van der Waals surface area (Å²) in [6.45, 7) is 3.36. The number of nitro groups is 1. The van der Waals surface area contributed by atoms with Crippen molar-refractivity contribution in [2.24, 2.45) is 5.10 Å². The predicted octanol–water partition coefficient (Wildman–Crippen LogP) is 3.65. The zero-order chi connectivity index (χ0) is 18.6. The number of hydrogen-bond acceptors (Lipinski definition) is 5. The van der Waals surface area contributed by atoms with E-state index in [1.807, 2.05) is 6.92 Å². The molecule has 1 N–H and O–H groups in total. The molecule has 0 spiro atoms. The number of nitrogens with zero attached hydrogens (tertiary/aromatic N) is 2. The van der Waals surface area contributed by atoms with Crippen molar-refractivity contribution in [1.29, 1.82) is 0 Å². The normalized spacial score (nSPS) is 12.0. The second kappa shape index (κ2) is 7.62. The molecule has 0 radical (unpaired) electrons. The highest BCUT2D eigenvalue weighted by molar-refractivity contribution is 7.89. The van der Waals surface area contributed by atoms with Crippen LogP contribution < -0.4 is 4.83 Å². The lowest BCUT2D eigenvalue weighted by atomic mass is 10.1. The SMILES string of the molecule is CC/C(=N\NS(=O)(=O)c1ccc(C)c([N+](=O)[O-])c1)c1cccc(Cl)c1. The smallest absolute Gasteiger partial charge is 0.258 e. The number of rotatable bonds is 6. The summed E-state index contributed by atoms with van der Waals surface area (Å²) in [5.74, 6) is 0. The molecule has 0 atom stereocenters. The monoisotopic (exact) mass is 381 g/mol. The van der Waals surface area contributed by atoms with Crippen LogP contribution >= 0.6 is 11.6 Å². The molecule has 0 saturated heterocycles. The minimum Gasteiger partial charge on any atom is -0.258 e. The molecular weight excluding hydrogens is 366 g/mol. The first-order chi connectivity index (χ1) is 11.7. The Hall–Kier alpha value is -2.45. The molecule has 2 aromatic carbocycles. The van der Waals surface area contributed by atoms with Gasteiger partial charge in [0.15, 0.2) is 0 Å². The molecule has 2 rings (SSSR count). The molecule has 25 heavy (non-hydrogen) atoms. The van der Waals surface area contributed by atoms with Gasteiger partial charge >= 0.3 is 0 Å². The van der Waals surface area contributed by atoms with Gasteiger partial charge in [0.25, 0.3) is 15.7 Å². The Bertz CT molecular complexity index is 942. The molecule has 0 amide bonds. The highest BCUT2D eigenvalue weighted by Gasteiger charge is 2.19. The lowest BCUT2D eigenvalue weighted by molar-refractivity contribution is -0.385. The molecule has 0 heterocycles. The van der Waals surface area contributed by atoms with Gasteiger partial charge in [-0.25, -0.2) is 0 Å². The van der Waals surface area contributed by atoms with Crippen molar-refractivity contribution in [2.75, 3.05) is 0 Å². The summed E-state index contributed by atoms with van der Waals surface area (Å²) in [6.07, 6.45) is 0.469. The molecular formula is C16H16ClN3O4S. The molecule has 2 aromatic rings. The molecule has 0 fully saturated rings. The van der Waals surface area contributed by atoms with Crippen molar-refractivity contribution in [3.05, 3.63) is 68.7 Å². The first kappa shape index (κ1) is 18.9. The zero-order valence-corrected chi connectivity index (χ0v) is 15.1. The van der Waals surface area contributed by atoms with E-state index in [4.69, 9.17) is 11.6 Å². The van der Waals surface area contributed by atoms with Crippen LogP contribution in [-0.4, -0.2) is 19.1 Å². The van der Waals surface area contributed by atoms with Gasteiger partial charge in [0.1, 0.15) is 0 Å². The Morgan fingerprint density at radius 2 is 2.00 bits per heavy atom. The number of halogens is 1. The maximum absolute atomic E-state index is 12.4. The fourth-order valence-corrected chi connectivity index (χ4v) is 3.18. The first-order valence-corrected chi connectivity index (χ1v) is 9.20. The van der Waals surface area contributed by atoms with Crippen molar-refractivity contribution < 1.29 is 13.3 Å². The second-order valence-corrected chi connectivity index (χ2v) is 7.32. The van der Waals surface area contributed by atoms with E-state index < -0.39 is 14.9 Å². The van der Waals surface area contributed by atoms with Crippen molar-refractivity contribution >= 4 is 33.0 Å². The second-order valence-electron chi connectivity index (χ2n) is 5.22. The predicted molar refractivity (Wildman–Crippen MR) is 96.4 cm³/mol. The number of aryl methyl sites for hydroxylation is 1. The van der Waals surface area contributed by atoms with Gasteiger partial charge in [-0.1, -0.05) is 36.7 Å². The van der Waals surface area contributed by atoms with Gasteiger partial charge in [-0.05, 0) is 37.1 Å². The molecule has 0 unspecified atom stereocenters. The van der Waals surface area contributed by atoms with E-state index >= 15 is 0 Å². The summed E-state index contributed by atoms with van der Waals surface area (Å²) >= 11 is 5.94. The number of hydrogen-bond donors (Lipinski definition) is 1. The quantitative estimate of drug-likeness (QED) is 0.468. The average molecular weight is 382 g/mol. The van der Waals surface area contributed by atoms with E-state index in [-0.39, 0.29) is 10.6 Å². The van der Waals surface area contributed by atoms with Crippen LogP contribution in [0.25, 0.3) is 0 Å². The summed E-state index contributed by atoms with van der Waals surface area (Å²) in [5, 5.41) is 15.4. The molecule has 0 aliphatic heterocycles. The number of nitro benzene ring substituents is 1. The van der Waals surface area contributed by atoms with E-state index in [1.54, 1.807) is 24.3 Å². The third-order valence-corrected chi connectivity index (χ3v) is 4.92. The molecule has 9 heteroatoms. The Kier molecular flexibility index (Phi) is 5.76. The van der Waals surface area contributed by atoms with Crippen LogP contribution in [0.2, 0.25) is 5.02 Å². The Morgan fingerprint density at radius 1 is 1.28 bits per heavy atom. The number of sulfonamides is 1. The summed E-state index contributed by atoms with van der Waals surface area (Å²) in [5.41, 5.74) is 1.29. The molecule has 0 saturated carbocycles. The molecule has 7 nitrogen and oxygen atoms in total. The zero-order valence-electron chi connectivity index (χ0n) is 13.6. The molecule has 0 aromatic heterocycles. The third kappa shape index (κ3) is 4.55. The first-order valence-electron chi connectivity index (χ1n) is 7.34. The van der Waals surface area contributed by atoms with E-state index in [9.17, 15) is 18.5 Å². The van der Waals surface area contributed by atoms with Crippen molar-refractivity contribution in [3.63, 3.8) is 0 Å². The standard InChI is InChI=1S/C16H16ClN3O4S/c1-3-15(12-5-4-6-13(17)9-12)18-19-25(23,24)14-8-7-11(2)16(10-14)20(21)22/h4-10,19H,3H2,1-2H3/b18-15+. The third-order valence-electron chi connectivity index (χ3n) is 3.48. The topological polar surface area (TPSA) is 102 Å². The fourth-order valence-electron chi connectivity index (χ4n) is 2.14. The van der Waals surface area contributed by atoms with Gasteiger partial charge in [-0.15, -0.1) is 0 Å². The molecule has 0 bridgehead atoms. The van der Waals surface area contributed by atoms with Crippen molar-refractivity contribution in [1.82, 2.24) is 4.83 Å². The van der Waals surface area contributed by atoms with Gasteiger partial charge in [0.2, 0.25) is 0 Å². The maximum Gasteiger partial charge on any atom is 0.276 e. The number of hydrazone groups is 1. The van der Waals surface area contributed by atoms with Crippen LogP contribution in [0.3, 0.4) is 0 Å². The van der Waals surface area contributed by atoms with E-state index in [1.165, 1.54) is 19.1 Å². The van der Waals surface area contributed by atoms with Crippen LogP contribution in [0.15, 0.2) is 52.5 Å². The lowest BCUT2D eigenvalue weighted by Gasteiger charge is -2.08. The molecule has 132 valence electrons. The van der Waals surface area contributed by atoms with Gasteiger partial charge in [-0.3, -0.25) is 10.1 Å². The molecule has 0 aliphatic carbocycles. The van der Waals surface area contributed by atoms with Crippen LogP contribution in [-0.2, 0) is 10.0 Å². The Labute approximate surface area is 150 Å². The summed E-state index contributed by atoms with van der Waals surface area (Å²) in [4.78, 5) is 12.3. The highest BCUT2D eigenvalue weighted by Crippen LogP contribution is 2.22. The van der Waals surface area contributed by atoms with Gasteiger partial charge < -0.3 is 0 Å². The minimum atomic E-state index is -4.03. The van der Waals surface area contributed by atoms with Crippen molar-refractivity contribution in [2.45, 2.75) is 25.2 Å². The highest BCUT2D eigenvalue weighted by atomic mass is 35.5. The van der Waals surface area contributed by atoms with E-state index in [2.05, 4.69) is 9.93 Å². The minimum absolute atomic E-state index is 0.227. The largest absolute Gasteiger partial charge is 0.276 e.